The standard InChI is InChI=1S/C18H16FN5O2/c19-15-7-4-8-16(11-15)23-18(26)24(21-20-23)17(25)22-10-9-14(12-22)13-5-2-1-3-6-13/h1-8,11,14H,9-10,12H2. The van der Waals surface area contributed by atoms with Crippen LogP contribution in [0.2, 0.25) is 0 Å². The summed E-state index contributed by atoms with van der Waals surface area (Å²) in [6.07, 6.45) is 0.822. The zero-order valence-corrected chi connectivity index (χ0v) is 13.8. The average Bonchev–Trinajstić information content (AvgIpc) is 3.29. The SMILES string of the molecule is O=C(N1CCC(c2ccccc2)C1)n1nnn(-c2cccc(F)c2)c1=O. The van der Waals surface area contributed by atoms with Crippen LogP contribution >= 0.6 is 0 Å². The van der Waals surface area contributed by atoms with Crippen LogP contribution in [-0.4, -0.2) is 43.8 Å². The normalized spacial score (nSPS) is 16.8. The van der Waals surface area contributed by atoms with Gasteiger partial charge in [0.1, 0.15) is 5.82 Å². The maximum atomic E-state index is 13.4. The summed E-state index contributed by atoms with van der Waals surface area (Å²) in [4.78, 5) is 26.7. The molecule has 2 aromatic carbocycles. The first-order chi connectivity index (χ1) is 12.6. The number of rotatable bonds is 2. The molecule has 0 bridgehead atoms. The maximum absolute atomic E-state index is 13.4. The van der Waals surface area contributed by atoms with Gasteiger partial charge in [0, 0.05) is 19.0 Å². The number of amides is 1. The monoisotopic (exact) mass is 353 g/mol. The molecule has 4 rings (SSSR count). The van der Waals surface area contributed by atoms with Gasteiger partial charge in [-0.3, -0.25) is 0 Å². The number of aromatic nitrogens is 4. The van der Waals surface area contributed by atoms with Crippen molar-refractivity contribution in [2.45, 2.75) is 12.3 Å². The third-order valence-electron chi connectivity index (χ3n) is 4.54. The van der Waals surface area contributed by atoms with Gasteiger partial charge in [-0.1, -0.05) is 36.4 Å². The molecule has 2 heterocycles. The highest BCUT2D eigenvalue weighted by molar-refractivity contribution is 5.76. The van der Waals surface area contributed by atoms with E-state index in [1.165, 1.54) is 23.8 Å². The third kappa shape index (κ3) is 2.90. The molecule has 1 fully saturated rings. The van der Waals surface area contributed by atoms with Gasteiger partial charge in [0.15, 0.2) is 0 Å². The van der Waals surface area contributed by atoms with E-state index in [9.17, 15) is 14.0 Å². The Hall–Kier alpha value is -3.29. The van der Waals surface area contributed by atoms with E-state index >= 15 is 0 Å². The Labute approximate surface area is 148 Å². The van der Waals surface area contributed by atoms with Crippen LogP contribution in [0.25, 0.3) is 5.69 Å². The second-order valence-electron chi connectivity index (χ2n) is 6.19. The molecule has 132 valence electrons. The fraction of sp³-hybridized carbons (Fsp3) is 0.222. The Morgan fingerprint density at radius 2 is 1.88 bits per heavy atom. The molecular formula is C18H16FN5O2. The van der Waals surface area contributed by atoms with Gasteiger partial charge in [0.25, 0.3) is 0 Å². The molecule has 0 N–H and O–H groups in total. The fourth-order valence-corrected chi connectivity index (χ4v) is 3.20. The molecule has 1 saturated heterocycles. The summed E-state index contributed by atoms with van der Waals surface area (Å²) < 4.78 is 15.0. The molecule has 0 aliphatic carbocycles. The predicted octanol–water partition coefficient (Wildman–Crippen LogP) is 2.03. The first-order valence-corrected chi connectivity index (χ1v) is 8.28. The molecule has 8 heteroatoms. The van der Waals surface area contributed by atoms with Crippen LogP contribution in [0.4, 0.5) is 9.18 Å². The van der Waals surface area contributed by atoms with Crippen molar-refractivity contribution in [2.24, 2.45) is 0 Å². The van der Waals surface area contributed by atoms with Gasteiger partial charge in [-0.25, -0.2) is 14.0 Å². The van der Waals surface area contributed by atoms with Crippen LogP contribution in [-0.2, 0) is 0 Å². The van der Waals surface area contributed by atoms with Crippen molar-refractivity contribution < 1.29 is 9.18 Å². The van der Waals surface area contributed by atoms with Gasteiger partial charge in [-0.05, 0) is 40.6 Å². The number of carbonyl (C=O) groups is 1. The average molecular weight is 353 g/mol. The number of hydrogen-bond donors (Lipinski definition) is 0. The van der Waals surface area contributed by atoms with Crippen LogP contribution < -0.4 is 5.69 Å². The highest BCUT2D eigenvalue weighted by Gasteiger charge is 2.30. The maximum Gasteiger partial charge on any atom is 0.377 e. The van der Waals surface area contributed by atoms with Crippen molar-refractivity contribution in [3.05, 3.63) is 76.5 Å². The molecule has 1 aromatic heterocycles. The predicted molar refractivity (Wildman–Crippen MR) is 91.7 cm³/mol. The van der Waals surface area contributed by atoms with Crippen molar-refractivity contribution >= 4 is 6.03 Å². The molecule has 0 radical (unpaired) electrons. The van der Waals surface area contributed by atoms with E-state index in [4.69, 9.17) is 0 Å². The highest BCUT2D eigenvalue weighted by atomic mass is 19.1. The summed E-state index contributed by atoms with van der Waals surface area (Å²) in [6, 6.07) is 14.8. The van der Waals surface area contributed by atoms with Crippen LogP contribution in [0.15, 0.2) is 59.4 Å². The molecule has 1 atom stereocenters. The summed E-state index contributed by atoms with van der Waals surface area (Å²) in [5, 5.41) is 7.37. The molecule has 0 saturated carbocycles. The molecule has 26 heavy (non-hydrogen) atoms. The first kappa shape index (κ1) is 16.2. The Balaban J connectivity index is 1.56. The van der Waals surface area contributed by atoms with Gasteiger partial charge in [-0.2, -0.15) is 4.68 Å². The summed E-state index contributed by atoms with van der Waals surface area (Å²) >= 11 is 0. The minimum atomic E-state index is -0.719. The van der Waals surface area contributed by atoms with E-state index in [1.807, 2.05) is 30.3 Å². The van der Waals surface area contributed by atoms with E-state index < -0.39 is 17.5 Å². The topological polar surface area (TPSA) is 73.0 Å². The Kier molecular flexibility index (Phi) is 4.08. The lowest BCUT2D eigenvalue weighted by Gasteiger charge is -2.15. The zero-order chi connectivity index (χ0) is 18.1. The summed E-state index contributed by atoms with van der Waals surface area (Å²) in [5.74, 6) is -0.269. The summed E-state index contributed by atoms with van der Waals surface area (Å²) in [7, 11) is 0. The highest BCUT2D eigenvalue weighted by Crippen LogP contribution is 2.27. The van der Waals surface area contributed by atoms with Crippen LogP contribution in [0.5, 0.6) is 0 Å². The lowest BCUT2D eigenvalue weighted by atomic mass is 9.99. The fourth-order valence-electron chi connectivity index (χ4n) is 3.20. The quantitative estimate of drug-likeness (QED) is 0.661. The number of carbonyl (C=O) groups excluding carboxylic acids is 1. The minimum absolute atomic E-state index is 0.220. The van der Waals surface area contributed by atoms with E-state index in [1.54, 1.807) is 4.90 Å². The summed E-state index contributed by atoms with van der Waals surface area (Å²) in [6.45, 7) is 1.06. The van der Waals surface area contributed by atoms with Crippen LogP contribution in [0, 0.1) is 5.82 Å². The second-order valence-corrected chi connectivity index (χ2v) is 6.19. The van der Waals surface area contributed by atoms with E-state index in [0.29, 0.717) is 13.1 Å². The van der Waals surface area contributed by atoms with Crippen molar-refractivity contribution in [3.63, 3.8) is 0 Å². The van der Waals surface area contributed by atoms with Crippen molar-refractivity contribution in [1.29, 1.82) is 0 Å². The minimum Gasteiger partial charge on any atom is -0.322 e. The molecule has 1 amide bonds. The molecule has 1 aliphatic heterocycles. The lowest BCUT2D eigenvalue weighted by Crippen LogP contribution is -2.39. The van der Waals surface area contributed by atoms with E-state index in [2.05, 4.69) is 10.4 Å². The molecule has 1 unspecified atom stereocenters. The first-order valence-electron chi connectivity index (χ1n) is 8.28. The van der Waals surface area contributed by atoms with Crippen LogP contribution in [0.1, 0.15) is 17.9 Å². The Bertz CT molecular complexity index is 998. The molecular weight excluding hydrogens is 337 g/mol. The van der Waals surface area contributed by atoms with Gasteiger partial charge < -0.3 is 4.90 Å². The Morgan fingerprint density at radius 1 is 1.08 bits per heavy atom. The van der Waals surface area contributed by atoms with Gasteiger partial charge in [0.05, 0.1) is 5.69 Å². The van der Waals surface area contributed by atoms with Crippen LogP contribution in [0.3, 0.4) is 0 Å². The van der Waals surface area contributed by atoms with Gasteiger partial charge >= 0.3 is 11.7 Å². The number of nitrogens with zero attached hydrogens (tertiary/aromatic N) is 5. The van der Waals surface area contributed by atoms with Gasteiger partial charge in [-0.15, -0.1) is 4.68 Å². The number of tetrazole rings is 1. The zero-order valence-electron chi connectivity index (χ0n) is 13.8. The third-order valence-corrected chi connectivity index (χ3v) is 4.54. The molecule has 7 nitrogen and oxygen atoms in total. The smallest absolute Gasteiger partial charge is 0.322 e. The molecule has 0 spiro atoms. The largest absolute Gasteiger partial charge is 0.377 e. The number of likely N-dealkylation sites (tertiary alicyclic amines) is 1. The second kappa shape index (κ2) is 6.55. The van der Waals surface area contributed by atoms with E-state index in [0.717, 1.165) is 21.9 Å². The Morgan fingerprint density at radius 3 is 2.65 bits per heavy atom. The number of benzene rings is 2. The molecule has 3 aromatic rings. The van der Waals surface area contributed by atoms with Crippen molar-refractivity contribution in [2.75, 3.05) is 13.1 Å². The van der Waals surface area contributed by atoms with Crippen molar-refractivity contribution in [3.8, 4) is 5.69 Å². The molecule has 1 aliphatic rings. The summed E-state index contributed by atoms with van der Waals surface area (Å²) in [5.41, 5.74) is 0.667. The van der Waals surface area contributed by atoms with E-state index in [-0.39, 0.29) is 11.6 Å². The number of halogens is 1. The lowest BCUT2D eigenvalue weighted by molar-refractivity contribution is 0.205. The number of hydrogen-bond acceptors (Lipinski definition) is 4. The van der Waals surface area contributed by atoms with Crippen molar-refractivity contribution in [1.82, 2.24) is 24.7 Å². The van der Waals surface area contributed by atoms with Gasteiger partial charge in [0.2, 0.25) is 0 Å².